The van der Waals surface area contributed by atoms with E-state index >= 15 is 0 Å². The molecule has 0 unspecified atom stereocenters. The number of halogens is 3. The summed E-state index contributed by atoms with van der Waals surface area (Å²) in [6.45, 7) is 5.80. The highest BCUT2D eigenvalue weighted by molar-refractivity contribution is 9.09. The molecule has 2 aliphatic rings. The number of hydrogen-bond donors (Lipinski definition) is 1. The molecular weight excluding hydrogens is 648 g/mol. The van der Waals surface area contributed by atoms with Crippen LogP contribution in [0, 0.1) is 0 Å². The third kappa shape index (κ3) is 16.6. The number of aliphatic hydroxyl groups is 1. The van der Waals surface area contributed by atoms with Crippen molar-refractivity contribution in [3.05, 3.63) is 11.3 Å². The standard InChI is InChI=1S/C12H17BrO5.C6H10BrClO.C5H6O5/c1-12(2)17-10(15)9(11(16)18-12)8(14)6-4-3-5-7-13;7-5-3-1-2-4-6(8)9;1-5(2)9-3(6)8-4(7)10-5/h14H,3-7H2,1-2H3;1-5H2;1-2H3. The lowest BCUT2D eigenvalue weighted by atomic mass is 10.1. The second kappa shape index (κ2) is 17.6. The number of allylic oxidation sites excluding steroid dienone is 1. The van der Waals surface area contributed by atoms with Crippen molar-refractivity contribution in [3.63, 3.8) is 0 Å². The van der Waals surface area contributed by atoms with Gasteiger partial charge in [0.1, 0.15) is 5.76 Å². The van der Waals surface area contributed by atoms with Gasteiger partial charge in [-0.1, -0.05) is 44.7 Å². The molecule has 0 saturated carbocycles. The first-order chi connectivity index (χ1) is 17.1. The molecule has 0 aromatic carbocycles. The summed E-state index contributed by atoms with van der Waals surface area (Å²) in [5, 5.41) is 11.4. The highest BCUT2D eigenvalue weighted by Gasteiger charge is 2.41. The van der Waals surface area contributed by atoms with Crippen molar-refractivity contribution in [2.75, 3.05) is 10.7 Å². The maximum atomic E-state index is 11.6. The largest absolute Gasteiger partial charge is 0.521 e. The number of unbranched alkanes of at least 4 members (excludes halogenated alkanes) is 4. The van der Waals surface area contributed by atoms with E-state index in [-0.39, 0.29) is 23.0 Å². The molecule has 0 atom stereocenters. The molecule has 212 valence electrons. The van der Waals surface area contributed by atoms with Gasteiger partial charge < -0.3 is 28.8 Å². The first-order valence-electron chi connectivity index (χ1n) is 11.5. The van der Waals surface area contributed by atoms with Crippen LogP contribution in [0.1, 0.15) is 79.1 Å². The van der Waals surface area contributed by atoms with Crippen LogP contribution in [0.2, 0.25) is 0 Å². The molecule has 11 nitrogen and oxygen atoms in total. The number of alkyl halides is 2. The summed E-state index contributed by atoms with van der Waals surface area (Å²) in [7, 11) is 0. The smallest absolute Gasteiger partial charge is 0.511 e. The van der Waals surface area contributed by atoms with Crippen molar-refractivity contribution >= 4 is 73.0 Å². The van der Waals surface area contributed by atoms with E-state index in [1.54, 1.807) is 0 Å². The number of rotatable bonds is 10. The average Bonchev–Trinajstić information content (AvgIpc) is 2.72. The number of cyclic esters (lactones) is 6. The molecule has 37 heavy (non-hydrogen) atoms. The van der Waals surface area contributed by atoms with E-state index in [0.29, 0.717) is 12.8 Å². The predicted octanol–water partition coefficient (Wildman–Crippen LogP) is 6.32. The molecule has 1 N–H and O–H groups in total. The summed E-state index contributed by atoms with van der Waals surface area (Å²) in [6.07, 6.45) is 4.46. The summed E-state index contributed by atoms with van der Waals surface area (Å²) in [5.41, 5.74) is -0.381. The molecular formula is C23H33Br2ClO11. The molecule has 2 rings (SSSR count). The molecule has 2 fully saturated rings. The minimum absolute atomic E-state index is 0.218. The topological polar surface area (TPSA) is 152 Å². The van der Waals surface area contributed by atoms with E-state index in [1.807, 2.05) is 0 Å². The van der Waals surface area contributed by atoms with Crippen LogP contribution in [-0.2, 0) is 38.1 Å². The summed E-state index contributed by atoms with van der Waals surface area (Å²) in [5.74, 6) is -4.38. The van der Waals surface area contributed by atoms with Crippen molar-refractivity contribution in [2.24, 2.45) is 0 Å². The lowest BCUT2D eigenvalue weighted by Gasteiger charge is -2.30. The molecule has 0 bridgehead atoms. The maximum absolute atomic E-state index is 11.6. The molecule has 2 aliphatic heterocycles. The fourth-order valence-electron chi connectivity index (χ4n) is 2.64. The second-order valence-electron chi connectivity index (χ2n) is 8.56. The van der Waals surface area contributed by atoms with Gasteiger partial charge in [-0.15, -0.1) is 0 Å². The SMILES string of the molecule is CC1(C)OC(=O)C(=C(O)CCCCCBr)C(=O)O1.CC1(C)OC(=O)OC(=O)O1.O=C(Cl)CCCCCBr. The second-order valence-corrected chi connectivity index (χ2v) is 10.6. The highest BCUT2D eigenvalue weighted by Crippen LogP contribution is 2.25. The van der Waals surface area contributed by atoms with Crippen molar-refractivity contribution in [1.29, 1.82) is 0 Å². The van der Waals surface area contributed by atoms with Gasteiger partial charge in [-0.05, 0) is 37.3 Å². The Bertz CT molecular complexity index is 801. The molecule has 14 heteroatoms. The van der Waals surface area contributed by atoms with Gasteiger partial charge in [0.25, 0.3) is 11.6 Å². The maximum Gasteiger partial charge on any atom is 0.521 e. The van der Waals surface area contributed by atoms with Crippen LogP contribution >= 0.6 is 43.5 Å². The van der Waals surface area contributed by atoms with Crippen LogP contribution in [-0.4, -0.2) is 56.8 Å². The zero-order valence-electron chi connectivity index (χ0n) is 21.2. The molecule has 0 aromatic heterocycles. The number of aliphatic hydroxyl groups excluding tert-OH is 1. The van der Waals surface area contributed by atoms with E-state index in [2.05, 4.69) is 46.1 Å². The lowest BCUT2D eigenvalue weighted by Crippen LogP contribution is -2.42. The van der Waals surface area contributed by atoms with Crippen LogP contribution in [0.4, 0.5) is 9.59 Å². The quantitative estimate of drug-likeness (QED) is 0.0403. The summed E-state index contributed by atoms with van der Waals surface area (Å²) in [6, 6.07) is 0. The van der Waals surface area contributed by atoms with Gasteiger partial charge in [0.05, 0.1) is 0 Å². The van der Waals surface area contributed by atoms with Crippen LogP contribution in [0.25, 0.3) is 0 Å². The van der Waals surface area contributed by atoms with Crippen LogP contribution in [0.3, 0.4) is 0 Å². The Morgan fingerprint density at radius 3 is 1.51 bits per heavy atom. The Labute approximate surface area is 237 Å². The number of ether oxygens (including phenoxy) is 5. The van der Waals surface area contributed by atoms with Crippen molar-refractivity contribution in [3.8, 4) is 0 Å². The third-order valence-electron chi connectivity index (χ3n) is 4.25. The van der Waals surface area contributed by atoms with Gasteiger partial charge in [0, 0.05) is 51.2 Å². The average molecular weight is 681 g/mol. The van der Waals surface area contributed by atoms with Crippen LogP contribution in [0.5, 0.6) is 0 Å². The van der Waals surface area contributed by atoms with E-state index in [0.717, 1.165) is 42.8 Å². The van der Waals surface area contributed by atoms with Gasteiger partial charge in [0.2, 0.25) is 5.24 Å². The van der Waals surface area contributed by atoms with Crippen LogP contribution < -0.4 is 0 Å². The number of esters is 2. The Balaban J connectivity index is 0.000000577. The molecule has 0 aliphatic carbocycles. The minimum Gasteiger partial charge on any atom is -0.511 e. The predicted molar refractivity (Wildman–Crippen MR) is 139 cm³/mol. The Hall–Kier alpha value is -1.86. The molecule has 2 saturated heterocycles. The van der Waals surface area contributed by atoms with Gasteiger partial charge in [0.15, 0.2) is 5.57 Å². The first-order valence-corrected chi connectivity index (χ1v) is 14.1. The van der Waals surface area contributed by atoms with E-state index in [4.69, 9.17) is 21.1 Å². The van der Waals surface area contributed by atoms with Gasteiger partial charge in [-0.3, -0.25) is 4.79 Å². The highest BCUT2D eigenvalue weighted by atomic mass is 79.9. The monoisotopic (exact) mass is 678 g/mol. The summed E-state index contributed by atoms with van der Waals surface area (Å²) < 4.78 is 22.6. The first kappa shape index (κ1) is 35.1. The molecule has 0 aromatic rings. The Morgan fingerprint density at radius 2 is 1.14 bits per heavy atom. The van der Waals surface area contributed by atoms with Crippen molar-refractivity contribution < 1.29 is 52.8 Å². The summed E-state index contributed by atoms with van der Waals surface area (Å²) >= 11 is 11.7. The normalized spacial score (nSPS) is 17.3. The zero-order valence-corrected chi connectivity index (χ0v) is 25.2. The van der Waals surface area contributed by atoms with Crippen molar-refractivity contribution in [2.45, 2.75) is 90.6 Å². The van der Waals surface area contributed by atoms with E-state index in [9.17, 15) is 29.1 Å². The number of carbonyl (C=O) groups is 5. The minimum atomic E-state index is -1.27. The molecule has 2 heterocycles. The molecule has 0 amide bonds. The van der Waals surface area contributed by atoms with E-state index < -0.39 is 35.8 Å². The van der Waals surface area contributed by atoms with Gasteiger partial charge in [-0.2, -0.15) is 0 Å². The number of hydrogen-bond acceptors (Lipinski definition) is 11. The fraction of sp³-hybridized carbons (Fsp3) is 0.696. The molecule has 0 radical (unpaired) electrons. The van der Waals surface area contributed by atoms with Crippen molar-refractivity contribution in [1.82, 2.24) is 0 Å². The van der Waals surface area contributed by atoms with Gasteiger partial charge >= 0.3 is 24.2 Å². The number of carbonyl (C=O) groups excluding carboxylic acids is 5. The summed E-state index contributed by atoms with van der Waals surface area (Å²) in [4.78, 5) is 54.1. The molecule has 0 spiro atoms. The van der Waals surface area contributed by atoms with E-state index in [1.165, 1.54) is 27.7 Å². The van der Waals surface area contributed by atoms with Gasteiger partial charge in [-0.25, -0.2) is 19.2 Å². The fourth-order valence-corrected chi connectivity index (χ4v) is 3.57. The van der Waals surface area contributed by atoms with Crippen LogP contribution in [0.15, 0.2) is 11.3 Å². The Morgan fingerprint density at radius 1 is 0.730 bits per heavy atom. The zero-order chi connectivity index (χ0) is 28.6. The Kier molecular flexibility index (Phi) is 16.7. The third-order valence-corrected chi connectivity index (χ3v) is 5.56. The lowest BCUT2D eigenvalue weighted by molar-refractivity contribution is -0.222.